The summed E-state index contributed by atoms with van der Waals surface area (Å²) in [5.74, 6) is 0.514. The molecule has 0 saturated heterocycles. The number of alkyl halides is 3. The molecule has 2 aromatic rings. The standard InChI is InChI=1S/C13H14F3N3O2/c14-13(15,16)12-5-6-19(18-12)7-10(20)8-21-11-3-1-9(17)2-4-11/h1-6,10,20H,7-8,17H2. The second kappa shape index (κ2) is 6.04. The number of hydrogen-bond acceptors (Lipinski definition) is 4. The SMILES string of the molecule is Nc1ccc(OCC(O)Cn2ccc(C(F)(F)F)n2)cc1. The molecule has 0 aliphatic carbocycles. The molecule has 5 nitrogen and oxygen atoms in total. The Bertz CT molecular complexity index is 581. The molecule has 0 amide bonds. The van der Waals surface area contributed by atoms with Crippen molar-refractivity contribution in [1.82, 2.24) is 9.78 Å². The fourth-order valence-corrected chi connectivity index (χ4v) is 1.64. The van der Waals surface area contributed by atoms with Crippen LogP contribution in [0.15, 0.2) is 36.5 Å². The molecule has 0 saturated carbocycles. The Morgan fingerprint density at radius 2 is 1.90 bits per heavy atom. The first-order valence-corrected chi connectivity index (χ1v) is 6.11. The Hall–Kier alpha value is -2.22. The van der Waals surface area contributed by atoms with Gasteiger partial charge in [0.15, 0.2) is 5.69 Å². The number of hydrogen-bond donors (Lipinski definition) is 2. The van der Waals surface area contributed by atoms with Crippen LogP contribution in [-0.4, -0.2) is 27.6 Å². The molecule has 1 heterocycles. The summed E-state index contributed by atoms with van der Waals surface area (Å²) in [5.41, 5.74) is 5.10. The van der Waals surface area contributed by atoms with Gasteiger partial charge in [0.25, 0.3) is 0 Å². The maximum Gasteiger partial charge on any atom is 0.435 e. The Morgan fingerprint density at radius 3 is 2.48 bits per heavy atom. The van der Waals surface area contributed by atoms with E-state index in [1.54, 1.807) is 24.3 Å². The number of ether oxygens (including phenoxy) is 1. The molecule has 1 aromatic carbocycles. The number of nitrogens with zero attached hydrogens (tertiary/aromatic N) is 2. The monoisotopic (exact) mass is 301 g/mol. The highest BCUT2D eigenvalue weighted by Gasteiger charge is 2.33. The van der Waals surface area contributed by atoms with Gasteiger partial charge in [0.1, 0.15) is 18.5 Å². The Labute approximate surface area is 118 Å². The number of nitrogen functional groups attached to an aromatic ring is 1. The van der Waals surface area contributed by atoms with E-state index < -0.39 is 18.0 Å². The molecule has 2 rings (SSSR count). The van der Waals surface area contributed by atoms with Crippen LogP contribution in [0.5, 0.6) is 5.75 Å². The van der Waals surface area contributed by atoms with Crippen molar-refractivity contribution < 1.29 is 23.0 Å². The van der Waals surface area contributed by atoms with Crippen LogP contribution in [-0.2, 0) is 12.7 Å². The summed E-state index contributed by atoms with van der Waals surface area (Å²) in [7, 11) is 0. The number of rotatable bonds is 5. The average Bonchev–Trinajstić information content (AvgIpc) is 2.86. The number of anilines is 1. The summed E-state index contributed by atoms with van der Waals surface area (Å²) >= 11 is 0. The fraction of sp³-hybridized carbons (Fsp3) is 0.308. The molecule has 0 aliphatic rings. The molecule has 0 aliphatic heterocycles. The number of benzene rings is 1. The van der Waals surface area contributed by atoms with E-state index in [1.165, 1.54) is 0 Å². The van der Waals surface area contributed by atoms with Gasteiger partial charge in [-0.25, -0.2) is 0 Å². The maximum atomic E-state index is 12.4. The zero-order valence-corrected chi connectivity index (χ0v) is 10.9. The van der Waals surface area contributed by atoms with Crippen molar-refractivity contribution in [3.8, 4) is 5.75 Å². The lowest BCUT2D eigenvalue weighted by atomic mass is 10.3. The highest BCUT2D eigenvalue weighted by Crippen LogP contribution is 2.27. The van der Waals surface area contributed by atoms with Gasteiger partial charge in [-0.05, 0) is 30.3 Å². The Morgan fingerprint density at radius 1 is 1.24 bits per heavy atom. The minimum Gasteiger partial charge on any atom is -0.491 e. The molecule has 0 fully saturated rings. The van der Waals surface area contributed by atoms with Crippen LogP contribution >= 0.6 is 0 Å². The molecule has 1 atom stereocenters. The first kappa shape index (κ1) is 15.2. The van der Waals surface area contributed by atoms with E-state index in [0.717, 1.165) is 16.9 Å². The smallest absolute Gasteiger partial charge is 0.435 e. The van der Waals surface area contributed by atoms with Gasteiger partial charge < -0.3 is 15.6 Å². The zero-order chi connectivity index (χ0) is 15.5. The summed E-state index contributed by atoms with van der Waals surface area (Å²) in [5, 5.41) is 13.1. The third kappa shape index (κ3) is 4.38. The molecule has 21 heavy (non-hydrogen) atoms. The first-order chi connectivity index (χ1) is 9.84. The molecule has 0 spiro atoms. The second-order valence-electron chi connectivity index (χ2n) is 4.45. The van der Waals surface area contributed by atoms with Crippen molar-refractivity contribution in [2.75, 3.05) is 12.3 Å². The van der Waals surface area contributed by atoms with Gasteiger partial charge in [-0.1, -0.05) is 0 Å². The topological polar surface area (TPSA) is 73.3 Å². The van der Waals surface area contributed by atoms with Crippen molar-refractivity contribution in [3.05, 3.63) is 42.2 Å². The van der Waals surface area contributed by atoms with E-state index in [0.29, 0.717) is 11.4 Å². The molecule has 1 unspecified atom stereocenters. The first-order valence-electron chi connectivity index (χ1n) is 6.11. The molecular formula is C13H14F3N3O2. The van der Waals surface area contributed by atoms with Crippen molar-refractivity contribution in [3.63, 3.8) is 0 Å². The van der Waals surface area contributed by atoms with Gasteiger partial charge in [0.2, 0.25) is 0 Å². The quantitative estimate of drug-likeness (QED) is 0.828. The van der Waals surface area contributed by atoms with E-state index in [-0.39, 0.29) is 13.2 Å². The molecule has 1 aromatic heterocycles. The zero-order valence-electron chi connectivity index (χ0n) is 10.9. The minimum absolute atomic E-state index is 0.0644. The average molecular weight is 301 g/mol. The predicted molar refractivity (Wildman–Crippen MR) is 69.6 cm³/mol. The van der Waals surface area contributed by atoms with Gasteiger partial charge in [0, 0.05) is 11.9 Å². The van der Waals surface area contributed by atoms with Gasteiger partial charge in [-0.3, -0.25) is 4.68 Å². The van der Waals surface area contributed by atoms with Gasteiger partial charge in [0.05, 0.1) is 6.54 Å². The number of aromatic nitrogens is 2. The summed E-state index contributed by atoms with van der Waals surface area (Å²) in [6, 6.07) is 7.42. The number of aliphatic hydroxyl groups excluding tert-OH is 1. The van der Waals surface area contributed by atoms with Crippen molar-refractivity contribution in [2.24, 2.45) is 0 Å². The fourth-order valence-electron chi connectivity index (χ4n) is 1.64. The van der Waals surface area contributed by atoms with Gasteiger partial charge in [-0.2, -0.15) is 18.3 Å². The molecule has 0 radical (unpaired) electrons. The lowest BCUT2D eigenvalue weighted by Gasteiger charge is -2.12. The minimum atomic E-state index is -4.49. The van der Waals surface area contributed by atoms with Crippen LogP contribution in [0.1, 0.15) is 5.69 Å². The van der Waals surface area contributed by atoms with Crippen molar-refractivity contribution in [1.29, 1.82) is 0 Å². The predicted octanol–water partition coefficient (Wildman–Crippen LogP) is 1.92. The summed E-state index contributed by atoms with van der Waals surface area (Å²) < 4.78 is 43.4. The van der Waals surface area contributed by atoms with E-state index in [4.69, 9.17) is 10.5 Å². The molecular weight excluding hydrogens is 287 g/mol. The summed E-state index contributed by atoms with van der Waals surface area (Å²) in [6.45, 7) is -0.157. The normalized spacial score (nSPS) is 13.1. The summed E-state index contributed by atoms with van der Waals surface area (Å²) in [4.78, 5) is 0. The van der Waals surface area contributed by atoms with E-state index in [2.05, 4.69) is 5.10 Å². The Kier molecular flexibility index (Phi) is 4.37. The van der Waals surface area contributed by atoms with E-state index in [1.807, 2.05) is 0 Å². The van der Waals surface area contributed by atoms with Crippen LogP contribution in [0, 0.1) is 0 Å². The van der Waals surface area contributed by atoms with Gasteiger partial charge >= 0.3 is 6.18 Å². The van der Waals surface area contributed by atoms with Crippen LogP contribution in [0.3, 0.4) is 0 Å². The van der Waals surface area contributed by atoms with Crippen molar-refractivity contribution in [2.45, 2.75) is 18.8 Å². The van der Waals surface area contributed by atoms with Crippen LogP contribution in [0.4, 0.5) is 18.9 Å². The lowest BCUT2D eigenvalue weighted by Crippen LogP contribution is -2.24. The van der Waals surface area contributed by atoms with Crippen LogP contribution in [0.2, 0.25) is 0 Å². The number of halogens is 3. The lowest BCUT2D eigenvalue weighted by molar-refractivity contribution is -0.141. The maximum absolute atomic E-state index is 12.4. The van der Waals surface area contributed by atoms with E-state index >= 15 is 0 Å². The highest BCUT2D eigenvalue weighted by molar-refractivity contribution is 5.41. The van der Waals surface area contributed by atoms with Crippen LogP contribution < -0.4 is 10.5 Å². The molecule has 114 valence electrons. The third-order valence-corrected chi connectivity index (χ3v) is 2.65. The number of aliphatic hydroxyl groups is 1. The Balaban J connectivity index is 1.85. The van der Waals surface area contributed by atoms with Crippen molar-refractivity contribution >= 4 is 5.69 Å². The summed E-state index contributed by atoms with van der Waals surface area (Å²) in [6.07, 6.45) is -4.31. The molecule has 8 heteroatoms. The third-order valence-electron chi connectivity index (χ3n) is 2.65. The molecule has 3 N–H and O–H groups in total. The van der Waals surface area contributed by atoms with Crippen LogP contribution in [0.25, 0.3) is 0 Å². The van der Waals surface area contributed by atoms with E-state index in [9.17, 15) is 18.3 Å². The highest BCUT2D eigenvalue weighted by atomic mass is 19.4. The largest absolute Gasteiger partial charge is 0.491 e. The number of nitrogens with two attached hydrogens (primary N) is 1. The molecule has 0 bridgehead atoms. The van der Waals surface area contributed by atoms with Gasteiger partial charge in [-0.15, -0.1) is 0 Å². The second-order valence-corrected chi connectivity index (χ2v) is 4.45.